The van der Waals surface area contributed by atoms with Gasteiger partial charge in [-0.05, 0) is 54.1 Å². The molecule has 3 aromatic carbocycles. The highest BCUT2D eigenvalue weighted by Crippen LogP contribution is 2.41. The summed E-state index contributed by atoms with van der Waals surface area (Å²) < 4.78 is 78.8. The average molecular weight is 754 g/mol. The van der Waals surface area contributed by atoms with Crippen molar-refractivity contribution in [2.45, 2.75) is 47.9 Å². The molecule has 0 bridgehead atoms. The number of aromatic nitrogens is 2. The van der Waals surface area contributed by atoms with Crippen LogP contribution >= 0.6 is 23.4 Å². The fraction of sp³-hybridized carbons (Fsp3) is 0.371. The highest BCUT2D eigenvalue weighted by molar-refractivity contribution is 7.98. The molecule has 0 fully saturated rings. The fourth-order valence-corrected chi connectivity index (χ4v) is 7.92. The monoisotopic (exact) mass is 753 g/mol. The lowest BCUT2D eigenvalue weighted by molar-refractivity contribution is -0.870. The summed E-state index contributed by atoms with van der Waals surface area (Å²) in [4.78, 5) is 18.7. The van der Waals surface area contributed by atoms with Gasteiger partial charge in [0, 0.05) is 41.8 Å². The second-order valence-electron chi connectivity index (χ2n) is 13.3. The quantitative estimate of drug-likeness (QED) is 0.0910. The maximum atomic E-state index is 15.5. The van der Waals surface area contributed by atoms with Crippen molar-refractivity contribution in [3.8, 4) is 17.0 Å². The van der Waals surface area contributed by atoms with Gasteiger partial charge in [0.2, 0.25) is 10.0 Å². The second-order valence-corrected chi connectivity index (χ2v) is 16.6. The third-order valence-electron chi connectivity index (χ3n) is 8.21. The van der Waals surface area contributed by atoms with E-state index in [4.69, 9.17) is 21.3 Å². The van der Waals surface area contributed by atoms with E-state index in [1.165, 1.54) is 19.2 Å². The number of ether oxygens (including phenoxy) is 1. The summed E-state index contributed by atoms with van der Waals surface area (Å²) in [6, 6.07) is 12.7. The number of aromatic amines is 1. The molecule has 1 heterocycles. The Morgan fingerprint density at radius 1 is 1.04 bits per heavy atom. The molecule has 0 radical (unpaired) electrons. The van der Waals surface area contributed by atoms with Crippen LogP contribution in [0.2, 0.25) is 5.02 Å². The van der Waals surface area contributed by atoms with Gasteiger partial charge >= 0.3 is 5.97 Å². The van der Waals surface area contributed by atoms with Gasteiger partial charge in [0.15, 0.2) is 5.16 Å². The zero-order valence-electron chi connectivity index (χ0n) is 28.7. The summed E-state index contributed by atoms with van der Waals surface area (Å²) in [6.45, 7) is 4.14. The molecule has 9 nitrogen and oxygen atoms in total. The molecular formula is C35H41ClF3N4O5S2+. The molecule has 0 aliphatic carbocycles. The Kier molecular flexibility index (Phi) is 12.4. The molecule has 0 unspecified atom stereocenters. The van der Waals surface area contributed by atoms with Gasteiger partial charge in [-0.25, -0.2) is 26.6 Å². The molecule has 0 spiro atoms. The number of aliphatic carboxylic acids is 1. The molecule has 0 amide bonds. The number of imidazole rings is 1. The van der Waals surface area contributed by atoms with Gasteiger partial charge in [0.25, 0.3) is 0 Å². The number of rotatable bonds is 16. The van der Waals surface area contributed by atoms with Gasteiger partial charge < -0.3 is 19.3 Å². The van der Waals surface area contributed by atoms with Crippen molar-refractivity contribution in [1.82, 2.24) is 14.3 Å². The van der Waals surface area contributed by atoms with E-state index in [0.29, 0.717) is 50.3 Å². The summed E-state index contributed by atoms with van der Waals surface area (Å²) in [5, 5.41) is 9.93. The minimum Gasteiger partial charge on any atom is -0.495 e. The third-order valence-corrected chi connectivity index (χ3v) is 11.3. The van der Waals surface area contributed by atoms with E-state index < -0.39 is 50.2 Å². The van der Waals surface area contributed by atoms with Crippen molar-refractivity contribution in [3.05, 3.63) is 93.9 Å². The van der Waals surface area contributed by atoms with Crippen LogP contribution in [0.5, 0.6) is 5.75 Å². The van der Waals surface area contributed by atoms with Crippen LogP contribution < -0.4 is 4.74 Å². The smallest absolute Gasteiger partial charge is 0.304 e. The number of methoxy groups -OCH3 is 1. The molecule has 4 rings (SSSR count). The van der Waals surface area contributed by atoms with Crippen LogP contribution in [0.15, 0.2) is 64.6 Å². The Hall–Kier alpha value is -3.56. The first-order chi connectivity index (χ1) is 23.3. The Morgan fingerprint density at radius 3 is 2.26 bits per heavy atom. The van der Waals surface area contributed by atoms with Crippen molar-refractivity contribution < 1.29 is 40.7 Å². The minimum atomic E-state index is -4.42. The molecule has 0 saturated heterocycles. The van der Waals surface area contributed by atoms with Gasteiger partial charge in [-0.15, -0.1) is 0 Å². The molecule has 0 aliphatic rings. The standard InChI is InChI=1S/C35H40ClF3N4O5S2/c1-35(2,23-10-13-27(36)30(18-23)48-6)33-32(22-8-11-24(37)12-9-22)40-34(41-33)49-21-26-28(38)19-25(20-29(26)39)50(46,47)42(16-14-31(44)45)15-7-17-43(3,4)5/h8-13,18-20H,7,14-17,21H2,1-6H3,(H-,40,41,44,45)/p+1. The first-order valence-electron chi connectivity index (χ1n) is 15.7. The van der Waals surface area contributed by atoms with E-state index >= 15 is 8.78 Å². The summed E-state index contributed by atoms with van der Waals surface area (Å²) in [5.74, 6) is -3.52. The van der Waals surface area contributed by atoms with Crippen molar-refractivity contribution in [2.24, 2.45) is 0 Å². The number of hydrogen-bond donors (Lipinski definition) is 2. The van der Waals surface area contributed by atoms with Crippen LogP contribution in [-0.4, -0.2) is 86.1 Å². The van der Waals surface area contributed by atoms with E-state index in [1.807, 2.05) is 41.1 Å². The number of nitrogens with zero attached hydrogens (tertiary/aromatic N) is 3. The maximum Gasteiger partial charge on any atom is 0.304 e. The number of sulfonamides is 1. The fourth-order valence-electron chi connectivity index (χ4n) is 5.33. The van der Waals surface area contributed by atoms with Gasteiger partial charge in [-0.3, -0.25) is 4.79 Å². The third kappa shape index (κ3) is 9.40. The minimum absolute atomic E-state index is 0.0116. The van der Waals surface area contributed by atoms with E-state index in [9.17, 15) is 22.7 Å². The van der Waals surface area contributed by atoms with Crippen LogP contribution in [0.1, 0.15) is 43.5 Å². The first-order valence-corrected chi connectivity index (χ1v) is 18.5. The molecule has 0 saturated carbocycles. The van der Waals surface area contributed by atoms with Crippen LogP contribution in [0, 0.1) is 17.5 Å². The molecule has 0 atom stereocenters. The SMILES string of the molecule is COc1cc(C(C)(C)c2[nH]c(SCc3c(F)cc(S(=O)(=O)N(CCC[N+](C)(C)C)CCC(=O)O)cc3F)nc2-c2ccc(F)cc2)ccc1Cl. The normalized spacial score (nSPS) is 12.5. The topological polar surface area (TPSA) is 113 Å². The predicted octanol–water partition coefficient (Wildman–Crippen LogP) is 7.34. The van der Waals surface area contributed by atoms with E-state index in [0.717, 1.165) is 33.8 Å². The average Bonchev–Trinajstić information content (AvgIpc) is 3.47. The Bertz CT molecular complexity index is 1930. The number of H-pyrrole nitrogens is 1. The lowest BCUT2D eigenvalue weighted by Gasteiger charge is -2.26. The number of carboxylic acid groups (broad SMARTS) is 1. The zero-order chi connectivity index (χ0) is 37.0. The summed E-state index contributed by atoms with van der Waals surface area (Å²) in [7, 11) is 2.89. The highest BCUT2D eigenvalue weighted by atomic mass is 35.5. The number of halogens is 4. The van der Waals surface area contributed by atoms with Gasteiger partial charge in [-0.1, -0.05) is 43.3 Å². The van der Waals surface area contributed by atoms with Crippen molar-refractivity contribution in [2.75, 3.05) is 47.9 Å². The van der Waals surface area contributed by atoms with Crippen LogP contribution in [0.4, 0.5) is 13.2 Å². The van der Waals surface area contributed by atoms with Crippen LogP contribution in [0.25, 0.3) is 11.3 Å². The molecule has 270 valence electrons. The number of benzene rings is 3. The van der Waals surface area contributed by atoms with Crippen LogP contribution in [-0.2, 0) is 26.0 Å². The van der Waals surface area contributed by atoms with Crippen molar-refractivity contribution >= 4 is 39.4 Å². The Labute approximate surface area is 300 Å². The first kappa shape index (κ1) is 39.2. The molecule has 4 aromatic rings. The number of hydrogen-bond acceptors (Lipinski definition) is 6. The number of quaternary nitrogens is 1. The summed E-state index contributed by atoms with van der Waals surface area (Å²) in [5.41, 5.74) is 1.49. The largest absolute Gasteiger partial charge is 0.495 e. The molecule has 2 N–H and O–H groups in total. The maximum absolute atomic E-state index is 15.5. The molecule has 1 aromatic heterocycles. The Morgan fingerprint density at radius 2 is 1.68 bits per heavy atom. The van der Waals surface area contributed by atoms with Gasteiger partial charge in [-0.2, -0.15) is 4.31 Å². The summed E-state index contributed by atoms with van der Waals surface area (Å²) >= 11 is 7.28. The molecule has 15 heteroatoms. The zero-order valence-corrected chi connectivity index (χ0v) is 31.1. The van der Waals surface area contributed by atoms with Crippen molar-refractivity contribution in [3.63, 3.8) is 0 Å². The van der Waals surface area contributed by atoms with E-state index in [1.54, 1.807) is 24.3 Å². The number of carboxylic acids is 1. The van der Waals surface area contributed by atoms with E-state index in [2.05, 4.69) is 4.98 Å². The molecule has 50 heavy (non-hydrogen) atoms. The highest BCUT2D eigenvalue weighted by Gasteiger charge is 2.32. The lowest BCUT2D eigenvalue weighted by atomic mass is 9.79. The molecular weight excluding hydrogens is 713 g/mol. The van der Waals surface area contributed by atoms with Gasteiger partial charge in [0.1, 0.15) is 23.2 Å². The Balaban J connectivity index is 1.65. The van der Waals surface area contributed by atoms with E-state index in [-0.39, 0.29) is 24.4 Å². The molecule has 0 aliphatic heterocycles. The second kappa shape index (κ2) is 15.8. The summed E-state index contributed by atoms with van der Waals surface area (Å²) in [6.07, 6.45) is -0.0494. The number of nitrogens with one attached hydrogen (secondary N) is 1. The number of carbonyl (C=O) groups is 1. The van der Waals surface area contributed by atoms with Crippen LogP contribution in [0.3, 0.4) is 0 Å². The number of thioether (sulfide) groups is 1. The van der Waals surface area contributed by atoms with Crippen molar-refractivity contribution in [1.29, 1.82) is 0 Å². The van der Waals surface area contributed by atoms with Gasteiger partial charge in [0.05, 0.1) is 62.5 Å². The predicted molar refractivity (Wildman–Crippen MR) is 189 cm³/mol. The lowest BCUT2D eigenvalue weighted by Crippen LogP contribution is -2.39.